The van der Waals surface area contributed by atoms with Gasteiger partial charge in [0.15, 0.2) is 6.10 Å². The monoisotopic (exact) mass is 1060 g/mol. The molecule has 0 bridgehead atoms. The predicted molar refractivity (Wildman–Crippen MR) is 334 cm³/mol. The number of rotatable bonds is 55. The van der Waals surface area contributed by atoms with E-state index < -0.39 is 6.10 Å². The summed E-state index contributed by atoms with van der Waals surface area (Å²) in [6.45, 7) is 6.31. The van der Waals surface area contributed by atoms with Gasteiger partial charge in [-0.1, -0.05) is 263 Å². The number of hydrogen-bond donors (Lipinski definition) is 0. The molecule has 0 saturated heterocycles. The Labute approximate surface area is 474 Å². The lowest BCUT2D eigenvalue weighted by Crippen LogP contribution is -2.30. The Morgan fingerprint density at radius 3 is 0.870 bits per heavy atom. The number of carbonyl (C=O) groups excluding carboxylic acids is 3. The zero-order valence-corrected chi connectivity index (χ0v) is 49.7. The van der Waals surface area contributed by atoms with Crippen molar-refractivity contribution in [1.29, 1.82) is 0 Å². The van der Waals surface area contributed by atoms with E-state index in [9.17, 15) is 14.4 Å². The van der Waals surface area contributed by atoms with Crippen molar-refractivity contribution in [2.75, 3.05) is 13.2 Å². The van der Waals surface area contributed by atoms with Crippen molar-refractivity contribution < 1.29 is 28.6 Å². The number of esters is 3. The molecule has 0 saturated carbocycles. The quantitative estimate of drug-likeness (QED) is 0.0261. The Morgan fingerprint density at radius 1 is 0.273 bits per heavy atom. The van der Waals surface area contributed by atoms with Crippen LogP contribution in [0.4, 0.5) is 0 Å². The summed E-state index contributed by atoms with van der Waals surface area (Å²) < 4.78 is 16.8. The van der Waals surface area contributed by atoms with Gasteiger partial charge in [0.1, 0.15) is 13.2 Å². The number of allylic oxidation sites excluding steroid dienone is 24. The van der Waals surface area contributed by atoms with Gasteiger partial charge in [0.25, 0.3) is 0 Å². The Bertz CT molecular complexity index is 1700. The molecule has 1 atom stereocenters. The Balaban J connectivity index is 4.40. The SMILES string of the molecule is CC/C=C\C/C=C\C/C=C\C/C=C\C/C=C\C/C=C\CCCCCCCCCCC(=O)OCC(COC(=O)CC/C=C\C/C=C\C/C=C\C/C=C\CC)OC(=O)CCCCCCCCCCC/C=C\C/C=C\CCCCC. The van der Waals surface area contributed by atoms with Crippen LogP contribution in [0.1, 0.15) is 265 Å². The average molecular weight is 1060 g/mol. The van der Waals surface area contributed by atoms with E-state index in [1.54, 1.807) is 0 Å². The first-order chi connectivity index (χ1) is 38.0. The van der Waals surface area contributed by atoms with Gasteiger partial charge < -0.3 is 14.2 Å². The molecule has 0 rings (SSSR count). The Hall–Kier alpha value is -4.71. The van der Waals surface area contributed by atoms with Gasteiger partial charge in [-0.05, 0) is 128 Å². The van der Waals surface area contributed by atoms with E-state index in [0.717, 1.165) is 116 Å². The van der Waals surface area contributed by atoms with Crippen LogP contribution >= 0.6 is 0 Å². The largest absolute Gasteiger partial charge is 0.462 e. The number of carbonyl (C=O) groups is 3. The molecule has 6 nitrogen and oxygen atoms in total. The lowest BCUT2D eigenvalue weighted by Gasteiger charge is -2.18. The maximum absolute atomic E-state index is 12.9. The highest BCUT2D eigenvalue weighted by molar-refractivity contribution is 5.71. The molecule has 0 aromatic heterocycles. The zero-order valence-electron chi connectivity index (χ0n) is 49.7. The lowest BCUT2D eigenvalue weighted by molar-refractivity contribution is -0.166. The van der Waals surface area contributed by atoms with Gasteiger partial charge in [0.2, 0.25) is 0 Å². The van der Waals surface area contributed by atoms with Gasteiger partial charge in [-0.15, -0.1) is 0 Å². The van der Waals surface area contributed by atoms with Gasteiger partial charge >= 0.3 is 17.9 Å². The van der Waals surface area contributed by atoms with Crippen molar-refractivity contribution in [2.45, 2.75) is 271 Å². The lowest BCUT2D eigenvalue weighted by atomic mass is 10.1. The van der Waals surface area contributed by atoms with E-state index in [1.807, 2.05) is 6.08 Å². The van der Waals surface area contributed by atoms with E-state index in [2.05, 4.69) is 161 Å². The third kappa shape index (κ3) is 62.0. The Morgan fingerprint density at radius 2 is 0.532 bits per heavy atom. The van der Waals surface area contributed by atoms with Gasteiger partial charge in [-0.2, -0.15) is 0 Å². The van der Waals surface area contributed by atoms with Crippen molar-refractivity contribution in [3.63, 3.8) is 0 Å². The van der Waals surface area contributed by atoms with Crippen molar-refractivity contribution in [2.24, 2.45) is 0 Å². The first-order valence-electron chi connectivity index (χ1n) is 31.3. The van der Waals surface area contributed by atoms with E-state index in [-0.39, 0.29) is 37.5 Å². The summed E-state index contributed by atoms with van der Waals surface area (Å²) >= 11 is 0. The smallest absolute Gasteiger partial charge is 0.306 e. The topological polar surface area (TPSA) is 78.9 Å². The standard InChI is InChI=1S/C71H114O6/c1-4-7-10-13-16-19-22-25-27-29-31-32-33-34-35-36-37-38-40-41-43-46-49-52-55-58-61-64-70(73)76-67-68(66-75-69(72)63-60-57-54-51-48-45-24-21-18-15-12-9-6-3)77-71(74)65-62-59-56-53-50-47-44-42-39-30-28-26-23-20-17-14-11-8-5-2/h7,9-10,12,16-21,25-28,31-32,34-35,37-38,45,48,54,57,68H,4-6,8,11,13-15,22-24,29-30,33,36,39-44,46-47,49-53,55-56,58-67H2,1-3H3/b10-7-,12-9-,19-16-,20-17-,21-18-,27-25-,28-26-,32-31-,35-34-,38-37-,48-45-,57-54-. The highest BCUT2D eigenvalue weighted by Crippen LogP contribution is 2.15. The minimum atomic E-state index is -0.820. The van der Waals surface area contributed by atoms with Crippen LogP contribution in [0.3, 0.4) is 0 Å². The molecular weight excluding hydrogens is 949 g/mol. The third-order valence-electron chi connectivity index (χ3n) is 12.8. The van der Waals surface area contributed by atoms with Gasteiger partial charge in [0, 0.05) is 19.3 Å². The molecule has 0 amide bonds. The normalized spacial score (nSPS) is 13.1. The second-order valence-corrected chi connectivity index (χ2v) is 20.2. The van der Waals surface area contributed by atoms with Gasteiger partial charge in [-0.3, -0.25) is 14.4 Å². The predicted octanol–water partition coefficient (Wildman–Crippen LogP) is 21.5. The summed E-state index contributed by atoms with van der Waals surface area (Å²) in [5.41, 5.74) is 0. The third-order valence-corrected chi connectivity index (χ3v) is 12.8. The Kier molecular flexibility index (Phi) is 59.9. The van der Waals surface area contributed by atoms with E-state index in [1.165, 1.54) is 103 Å². The zero-order chi connectivity index (χ0) is 55.7. The molecule has 0 radical (unpaired) electrons. The van der Waals surface area contributed by atoms with E-state index >= 15 is 0 Å². The van der Waals surface area contributed by atoms with Crippen LogP contribution in [0.5, 0.6) is 0 Å². The van der Waals surface area contributed by atoms with Crippen LogP contribution in [0.25, 0.3) is 0 Å². The number of unbranched alkanes of at least 4 members (excludes halogenated alkanes) is 20. The van der Waals surface area contributed by atoms with Gasteiger partial charge in [0.05, 0.1) is 0 Å². The summed E-state index contributed by atoms with van der Waals surface area (Å²) in [6.07, 6.45) is 91.5. The molecule has 6 heteroatoms. The van der Waals surface area contributed by atoms with E-state index in [4.69, 9.17) is 14.2 Å². The molecule has 0 fully saturated rings. The number of hydrogen-bond acceptors (Lipinski definition) is 6. The van der Waals surface area contributed by atoms with Crippen LogP contribution in [-0.2, 0) is 28.6 Å². The highest BCUT2D eigenvalue weighted by atomic mass is 16.6. The van der Waals surface area contributed by atoms with Gasteiger partial charge in [-0.25, -0.2) is 0 Å². The maximum atomic E-state index is 12.9. The molecular formula is C71H114O6. The molecule has 0 N–H and O–H groups in total. The van der Waals surface area contributed by atoms with Crippen molar-refractivity contribution >= 4 is 17.9 Å². The van der Waals surface area contributed by atoms with Crippen LogP contribution in [0.15, 0.2) is 146 Å². The fourth-order valence-corrected chi connectivity index (χ4v) is 8.20. The first kappa shape index (κ1) is 72.3. The van der Waals surface area contributed by atoms with E-state index in [0.29, 0.717) is 19.3 Å². The summed E-state index contributed by atoms with van der Waals surface area (Å²) in [5, 5.41) is 0. The first-order valence-corrected chi connectivity index (χ1v) is 31.3. The average Bonchev–Trinajstić information content (AvgIpc) is 3.43. The summed E-state index contributed by atoms with van der Waals surface area (Å²) in [4.78, 5) is 38.2. The van der Waals surface area contributed by atoms with Crippen LogP contribution in [0.2, 0.25) is 0 Å². The maximum Gasteiger partial charge on any atom is 0.306 e. The fourth-order valence-electron chi connectivity index (χ4n) is 8.20. The van der Waals surface area contributed by atoms with Crippen molar-refractivity contribution in [3.05, 3.63) is 146 Å². The molecule has 0 aliphatic carbocycles. The molecule has 0 aliphatic rings. The minimum Gasteiger partial charge on any atom is -0.462 e. The molecule has 0 aromatic rings. The highest BCUT2D eigenvalue weighted by Gasteiger charge is 2.19. The second-order valence-electron chi connectivity index (χ2n) is 20.2. The molecule has 0 spiro atoms. The van der Waals surface area contributed by atoms with Crippen LogP contribution in [-0.4, -0.2) is 37.2 Å². The molecule has 434 valence electrons. The molecule has 0 aromatic carbocycles. The fraction of sp³-hybridized carbons (Fsp3) is 0.620. The molecule has 0 aliphatic heterocycles. The van der Waals surface area contributed by atoms with Crippen LogP contribution in [0, 0.1) is 0 Å². The van der Waals surface area contributed by atoms with Crippen LogP contribution < -0.4 is 0 Å². The second kappa shape index (κ2) is 63.8. The minimum absolute atomic E-state index is 0.111. The summed E-state index contributed by atoms with van der Waals surface area (Å²) in [7, 11) is 0. The molecule has 0 heterocycles. The molecule has 1 unspecified atom stereocenters. The summed E-state index contributed by atoms with van der Waals surface area (Å²) in [5.74, 6) is -1.01. The summed E-state index contributed by atoms with van der Waals surface area (Å²) in [6, 6.07) is 0. The molecule has 77 heavy (non-hydrogen) atoms. The van der Waals surface area contributed by atoms with Crippen molar-refractivity contribution in [3.8, 4) is 0 Å². The van der Waals surface area contributed by atoms with Crippen molar-refractivity contribution in [1.82, 2.24) is 0 Å². The number of ether oxygens (including phenoxy) is 3.